The molecule has 1 atom stereocenters. The maximum atomic E-state index is 11.3. The van der Waals surface area contributed by atoms with Crippen LogP contribution in [0.5, 0.6) is 5.75 Å². The maximum Gasteiger partial charge on any atom is 0.275 e. The molecule has 1 heterocycles. The molecule has 1 aromatic carbocycles. The molecule has 1 amide bonds. The second-order valence-electron chi connectivity index (χ2n) is 4.24. The Labute approximate surface area is 102 Å². The zero-order valence-electron chi connectivity index (χ0n) is 10.2. The summed E-state index contributed by atoms with van der Waals surface area (Å²) in [7, 11) is 0. The summed E-state index contributed by atoms with van der Waals surface area (Å²) in [4.78, 5) is 12.6. The molecule has 2 rings (SSSR count). The van der Waals surface area contributed by atoms with E-state index < -0.39 is 0 Å². The highest BCUT2D eigenvalue weighted by Crippen LogP contribution is 2.16. The van der Waals surface area contributed by atoms with Gasteiger partial charge in [-0.3, -0.25) is 4.79 Å². The van der Waals surface area contributed by atoms with E-state index in [1.54, 1.807) is 0 Å². The number of hydrogen-bond donors (Lipinski definition) is 2. The highest BCUT2D eigenvalue weighted by Gasteiger charge is 2.20. The minimum absolute atomic E-state index is 0.139. The Morgan fingerprint density at radius 1 is 1.41 bits per heavy atom. The van der Waals surface area contributed by atoms with Crippen LogP contribution in [0.4, 0.5) is 0 Å². The molecule has 4 nitrogen and oxygen atoms in total. The lowest BCUT2D eigenvalue weighted by atomic mass is 10.1. The highest BCUT2D eigenvalue weighted by molar-refractivity contribution is 5.77. The highest BCUT2D eigenvalue weighted by atomic mass is 16.5. The number of hydrogen-bond acceptors (Lipinski definition) is 2. The van der Waals surface area contributed by atoms with Crippen LogP contribution >= 0.6 is 0 Å². The number of ether oxygens (including phenoxy) is 1. The molecule has 0 aromatic heterocycles. The number of benzene rings is 1. The number of carbonyl (C=O) groups excluding carboxylic acids is 1. The van der Waals surface area contributed by atoms with Crippen molar-refractivity contribution in [1.29, 1.82) is 0 Å². The Kier molecular flexibility index (Phi) is 3.98. The molecular formula is C13H19N2O2+. The topological polar surface area (TPSA) is 42.8 Å². The SMILES string of the molecule is CCOc1ccccc1C[NH+]1CCNC(=O)C1. The van der Waals surface area contributed by atoms with Crippen molar-refractivity contribution >= 4 is 5.91 Å². The van der Waals surface area contributed by atoms with Crippen LogP contribution in [-0.4, -0.2) is 32.1 Å². The van der Waals surface area contributed by atoms with Gasteiger partial charge in [0.25, 0.3) is 5.91 Å². The first kappa shape index (κ1) is 11.9. The molecule has 1 unspecified atom stereocenters. The molecule has 92 valence electrons. The van der Waals surface area contributed by atoms with E-state index in [2.05, 4.69) is 11.4 Å². The summed E-state index contributed by atoms with van der Waals surface area (Å²) >= 11 is 0. The average Bonchev–Trinajstić information content (AvgIpc) is 2.32. The number of para-hydroxylation sites is 1. The summed E-state index contributed by atoms with van der Waals surface area (Å²) in [5, 5.41) is 2.85. The molecule has 0 radical (unpaired) electrons. The number of carbonyl (C=O) groups is 1. The van der Waals surface area contributed by atoms with E-state index in [1.165, 1.54) is 10.5 Å². The van der Waals surface area contributed by atoms with Gasteiger partial charge in [0, 0.05) is 5.56 Å². The average molecular weight is 235 g/mol. The number of amides is 1. The predicted octanol–water partition coefficient (Wildman–Crippen LogP) is -0.400. The van der Waals surface area contributed by atoms with Gasteiger partial charge in [-0.2, -0.15) is 0 Å². The van der Waals surface area contributed by atoms with E-state index >= 15 is 0 Å². The first-order valence-electron chi connectivity index (χ1n) is 6.10. The lowest BCUT2D eigenvalue weighted by molar-refractivity contribution is -0.907. The number of piperazine rings is 1. The van der Waals surface area contributed by atoms with Gasteiger partial charge in [-0.15, -0.1) is 0 Å². The third-order valence-electron chi connectivity index (χ3n) is 2.92. The van der Waals surface area contributed by atoms with E-state index in [-0.39, 0.29) is 5.91 Å². The second kappa shape index (κ2) is 5.68. The first-order valence-corrected chi connectivity index (χ1v) is 6.10. The Morgan fingerprint density at radius 3 is 3.00 bits per heavy atom. The Bertz CT molecular complexity index is 393. The largest absolute Gasteiger partial charge is 0.493 e. The van der Waals surface area contributed by atoms with E-state index in [9.17, 15) is 4.79 Å². The number of nitrogens with one attached hydrogen (secondary N) is 2. The van der Waals surface area contributed by atoms with Gasteiger partial charge in [-0.1, -0.05) is 12.1 Å². The number of rotatable bonds is 4. The van der Waals surface area contributed by atoms with Gasteiger partial charge < -0.3 is 15.0 Å². The van der Waals surface area contributed by atoms with E-state index in [1.807, 2.05) is 25.1 Å². The summed E-state index contributed by atoms with van der Waals surface area (Å²) in [5.41, 5.74) is 1.18. The summed E-state index contributed by atoms with van der Waals surface area (Å²) in [5.74, 6) is 1.08. The van der Waals surface area contributed by atoms with Crippen molar-refractivity contribution in [1.82, 2.24) is 5.32 Å². The molecular weight excluding hydrogens is 216 g/mol. The second-order valence-corrected chi connectivity index (χ2v) is 4.24. The summed E-state index contributed by atoms with van der Waals surface area (Å²) in [6, 6.07) is 8.06. The zero-order valence-corrected chi connectivity index (χ0v) is 10.2. The lowest BCUT2D eigenvalue weighted by Gasteiger charge is -2.24. The van der Waals surface area contributed by atoms with Crippen molar-refractivity contribution in [2.75, 3.05) is 26.2 Å². The Hall–Kier alpha value is -1.55. The molecule has 2 N–H and O–H groups in total. The molecule has 0 saturated carbocycles. The molecule has 0 bridgehead atoms. The molecule has 4 heteroatoms. The Morgan fingerprint density at radius 2 is 2.24 bits per heavy atom. The quantitative estimate of drug-likeness (QED) is 0.746. The smallest absolute Gasteiger partial charge is 0.275 e. The fraction of sp³-hybridized carbons (Fsp3) is 0.462. The van der Waals surface area contributed by atoms with Gasteiger partial charge in [0.1, 0.15) is 12.3 Å². The number of quaternary nitrogens is 1. The normalized spacial score (nSPS) is 19.8. The predicted molar refractivity (Wildman–Crippen MR) is 65.0 cm³/mol. The maximum absolute atomic E-state index is 11.3. The van der Waals surface area contributed by atoms with Gasteiger partial charge in [-0.25, -0.2) is 0 Å². The van der Waals surface area contributed by atoms with Crippen molar-refractivity contribution in [3.05, 3.63) is 29.8 Å². The minimum Gasteiger partial charge on any atom is -0.493 e. The van der Waals surface area contributed by atoms with Crippen LogP contribution in [0, 0.1) is 0 Å². The fourth-order valence-corrected chi connectivity index (χ4v) is 2.12. The van der Waals surface area contributed by atoms with Crippen molar-refractivity contribution in [3.63, 3.8) is 0 Å². The van der Waals surface area contributed by atoms with Crippen molar-refractivity contribution < 1.29 is 14.4 Å². The van der Waals surface area contributed by atoms with E-state index in [0.29, 0.717) is 13.2 Å². The molecule has 1 fully saturated rings. The van der Waals surface area contributed by atoms with Crippen molar-refractivity contribution in [3.8, 4) is 5.75 Å². The van der Waals surface area contributed by atoms with Crippen LogP contribution in [0.15, 0.2) is 24.3 Å². The van der Waals surface area contributed by atoms with Crippen LogP contribution < -0.4 is 15.0 Å². The van der Waals surface area contributed by atoms with Gasteiger partial charge >= 0.3 is 0 Å². The summed E-state index contributed by atoms with van der Waals surface area (Å²) in [6.07, 6.45) is 0. The van der Waals surface area contributed by atoms with Gasteiger partial charge in [-0.05, 0) is 19.1 Å². The molecule has 17 heavy (non-hydrogen) atoms. The summed E-state index contributed by atoms with van der Waals surface area (Å²) < 4.78 is 5.59. The summed E-state index contributed by atoms with van der Waals surface area (Å²) in [6.45, 7) is 5.81. The van der Waals surface area contributed by atoms with Crippen LogP contribution in [0.2, 0.25) is 0 Å². The third kappa shape index (κ3) is 3.20. The van der Waals surface area contributed by atoms with Gasteiger partial charge in [0.2, 0.25) is 0 Å². The van der Waals surface area contributed by atoms with E-state index in [4.69, 9.17) is 4.74 Å². The van der Waals surface area contributed by atoms with Crippen LogP contribution in [0.3, 0.4) is 0 Å². The van der Waals surface area contributed by atoms with Crippen LogP contribution in [-0.2, 0) is 11.3 Å². The molecule has 0 spiro atoms. The molecule has 1 aliphatic heterocycles. The monoisotopic (exact) mass is 235 g/mol. The van der Waals surface area contributed by atoms with E-state index in [0.717, 1.165) is 25.4 Å². The minimum atomic E-state index is 0.139. The van der Waals surface area contributed by atoms with Crippen LogP contribution in [0.1, 0.15) is 12.5 Å². The molecule has 0 aliphatic carbocycles. The fourth-order valence-electron chi connectivity index (χ4n) is 2.12. The molecule has 1 aromatic rings. The third-order valence-corrected chi connectivity index (χ3v) is 2.92. The molecule has 1 aliphatic rings. The lowest BCUT2D eigenvalue weighted by Crippen LogP contribution is -3.14. The van der Waals surface area contributed by atoms with Gasteiger partial charge in [0.15, 0.2) is 6.54 Å². The standard InChI is InChI=1S/C13H18N2O2/c1-2-17-12-6-4-3-5-11(12)9-15-8-7-14-13(16)10-15/h3-6H,2,7-10H2,1H3,(H,14,16)/p+1. The molecule has 1 saturated heterocycles. The Balaban J connectivity index is 2.04. The first-order chi connectivity index (χ1) is 8.29. The van der Waals surface area contributed by atoms with Crippen LogP contribution in [0.25, 0.3) is 0 Å². The zero-order chi connectivity index (χ0) is 12.1. The van der Waals surface area contributed by atoms with Crippen molar-refractivity contribution in [2.45, 2.75) is 13.5 Å². The van der Waals surface area contributed by atoms with Crippen molar-refractivity contribution in [2.24, 2.45) is 0 Å². The van der Waals surface area contributed by atoms with Gasteiger partial charge in [0.05, 0.1) is 19.7 Å².